The third-order valence-corrected chi connectivity index (χ3v) is 1.90. The van der Waals surface area contributed by atoms with Gasteiger partial charge in [0.1, 0.15) is 0 Å². The van der Waals surface area contributed by atoms with Crippen LogP contribution in [0.2, 0.25) is 0 Å². The van der Waals surface area contributed by atoms with Crippen molar-refractivity contribution in [2.24, 2.45) is 4.99 Å². The van der Waals surface area contributed by atoms with Gasteiger partial charge in [-0.25, -0.2) is 0 Å². The summed E-state index contributed by atoms with van der Waals surface area (Å²) in [6.07, 6.45) is 1.13. The molecular formula is C8H17N3. The number of nitrogens with zero attached hydrogens (tertiary/aromatic N) is 1. The number of guanidine groups is 1. The van der Waals surface area contributed by atoms with Gasteiger partial charge in [-0.05, 0) is 20.3 Å². The molecule has 11 heavy (non-hydrogen) atoms. The summed E-state index contributed by atoms with van der Waals surface area (Å²) in [5.41, 5.74) is 0. The highest BCUT2D eigenvalue weighted by atomic mass is 15.2. The van der Waals surface area contributed by atoms with Crippen LogP contribution in [-0.2, 0) is 0 Å². The van der Waals surface area contributed by atoms with Crippen LogP contribution < -0.4 is 10.6 Å². The van der Waals surface area contributed by atoms with Gasteiger partial charge >= 0.3 is 0 Å². The van der Waals surface area contributed by atoms with Crippen LogP contribution in [0.1, 0.15) is 27.2 Å². The van der Waals surface area contributed by atoms with Crippen LogP contribution in [0.15, 0.2) is 4.99 Å². The Morgan fingerprint density at radius 1 is 1.82 bits per heavy atom. The Labute approximate surface area is 68.3 Å². The van der Waals surface area contributed by atoms with E-state index >= 15 is 0 Å². The Kier molecular flexibility index (Phi) is 2.74. The van der Waals surface area contributed by atoms with Gasteiger partial charge in [-0.2, -0.15) is 0 Å². The van der Waals surface area contributed by atoms with Crippen molar-refractivity contribution in [3.63, 3.8) is 0 Å². The normalized spacial score (nSPS) is 25.7. The molecule has 1 aliphatic heterocycles. The molecule has 0 saturated heterocycles. The van der Waals surface area contributed by atoms with Crippen LogP contribution in [0.3, 0.4) is 0 Å². The van der Waals surface area contributed by atoms with E-state index in [4.69, 9.17) is 0 Å². The molecule has 64 valence electrons. The molecule has 3 nitrogen and oxygen atoms in total. The van der Waals surface area contributed by atoms with Gasteiger partial charge in [-0.1, -0.05) is 6.92 Å². The van der Waals surface area contributed by atoms with Crippen LogP contribution in [0.5, 0.6) is 0 Å². The monoisotopic (exact) mass is 155 g/mol. The molecular weight excluding hydrogens is 138 g/mol. The first kappa shape index (κ1) is 8.37. The molecule has 0 saturated carbocycles. The standard InChI is InChI=1S/C8H17N3/c1-4-6(2)10-8-9-5-7(3)11-8/h6-7H,4-5H2,1-3H3,(H2,9,10,11). The summed E-state index contributed by atoms with van der Waals surface area (Å²) >= 11 is 0. The zero-order valence-electron chi connectivity index (χ0n) is 7.52. The first-order valence-corrected chi connectivity index (χ1v) is 4.30. The quantitative estimate of drug-likeness (QED) is 0.616. The molecule has 0 aromatic rings. The lowest BCUT2D eigenvalue weighted by atomic mass is 10.3. The lowest BCUT2D eigenvalue weighted by molar-refractivity contribution is 0.624. The fraction of sp³-hybridized carbons (Fsp3) is 0.875. The topological polar surface area (TPSA) is 36.4 Å². The molecule has 1 aliphatic rings. The Bertz CT molecular complexity index is 153. The summed E-state index contributed by atoms with van der Waals surface area (Å²) in [4.78, 5) is 4.30. The second-order valence-corrected chi connectivity index (χ2v) is 3.19. The highest BCUT2D eigenvalue weighted by Crippen LogP contribution is 1.94. The number of aliphatic imine (C=N–C) groups is 1. The number of rotatable bonds is 2. The Balaban J connectivity index is 2.27. The summed E-state index contributed by atoms with van der Waals surface area (Å²) in [5.74, 6) is 0.965. The van der Waals surface area contributed by atoms with Gasteiger partial charge < -0.3 is 10.6 Å². The van der Waals surface area contributed by atoms with E-state index in [1.165, 1.54) is 0 Å². The second kappa shape index (κ2) is 3.60. The van der Waals surface area contributed by atoms with E-state index in [0.29, 0.717) is 12.1 Å². The van der Waals surface area contributed by atoms with Crippen molar-refractivity contribution in [3.8, 4) is 0 Å². The van der Waals surface area contributed by atoms with Crippen molar-refractivity contribution >= 4 is 5.96 Å². The number of nitrogens with one attached hydrogen (secondary N) is 2. The van der Waals surface area contributed by atoms with Crippen molar-refractivity contribution in [2.75, 3.05) is 6.54 Å². The molecule has 1 rings (SSSR count). The molecule has 0 aliphatic carbocycles. The minimum atomic E-state index is 0.501. The van der Waals surface area contributed by atoms with Gasteiger partial charge in [0, 0.05) is 12.1 Å². The lowest BCUT2D eigenvalue weighted by Gasteiger charge is -2.13. The minimum absolute atomic E-state index is 0.501. The van der Waals surface area contributed by atoms with Crippen LogP contribution in [0.4, 0.5) is 0 Å². The zero-order chi connectivity index (χ0) is 8.27. The summed E-state index contributed by atoms with van der Waals surface area (Å²) in [6, 6.07) is 1.02. The SMILES string of the molecule is CCC(C)NC1=NCC(C)N1. The summed E-state index contributed by atoms with van der Waals surface area (Å²) in [6.45, 7) is 7.36. The highest BCUT2D eigenvalue weighted by Gasteiger charge is 2.12. The van der Waals surface area contributed by atoms with E-state index < -0.39 is 0 Å². The molecule has 1 heterocycles. The van der Waals surface area contributed by atoms with Crippen LogP contribution in [0, 0.1) is 0 Å². The number of hydrogen-bond donors (Lipinski definition) is 2. The third kappa shape index (κ3) is 2.41. The molecule has 3 heteroatoms. The van der Waals surface area contributed by atoms with E-state index in [-0.39, 0.29) is 0 Å². The van der Waals surface area contributed by atoms with Gasteiger partial charge in [0.15, 0.2) is 5.96 Å². The second-order valence-electron chi connectivity index (χ2n) is 3.19. The Morgan fingerprint density at radius 3 is 3.00 bits per heavy atom. The largest absolute Gasteiger partial charge is 0.354 e. The lowest BCUT2D eigenvalue weighted by Crippen LogP contribution is -2.41. The Hall–Kier alpha value is -0.730. The zero-order valence-corrected chi connectivity index (χ0v) is 7.52. The van der Waals surface area contributed by atoms with Gasteiger partial charge in [0.05, 0.1) is 6.54 Å². The predicted molar refractivity (Wildman–Crippen MR) is 47.8 cm³/mol. The van der Waals surface area contributed by atoms with Gasteiger partial charge in [-0.3, -0.25) is 4.99 Å². The predicted octanol–water partition coefficient (Wildman–Crippen LogP) is 0.722. The minimum Gasteiger partial charge on any atom is -0.354 e. The maximum Gasteiger partial charge on any atom is 0.191 e. The molecule has 0 radical (unpaired) electrons. The van der Waals surface area contributed by atoms with Crippen molar-refractivity contribution in [1.29, 1.82) is 0 Å². The fourth-order valence-electron chi connectivity index (χ4n) is 0.976. The molecule has 2 unspecified atom stereocenters. The van der Waals surface area contributed by atoms with Crippen molar-refractivity contribution < 1.29 is 0 Å². The summed E-state index contributed by atoms with van der Waals surface area (Å²) in [5, 5.41) is 6.56. The van der Waals surface area contributed by atoms with E-state index in [1.54, 1.807) is 0 Å². The molecule has 0 amide bonds. The molecule has 0 fully saturated rings. The van der Waals surface area contributed by atoms with E-state index in [9.17, 15) is 0 Å². The summed E-state index contributed by atoms with van der Waals surface area (Å²) in [7, 11) is 0. The Morgan fingerprint density at radius 2 is 2.55 bits per heavy atom. The third-order valence-electron chi connectivity index (χ3n) is 1.90. The van der Waals surface area contributed by atoms with Gasteiger partial charge in [0.25, 0.3) is 0 Å². The first-order chi connectivity index (χ1) is 5.22. The number of hydrogen-bond acceptors (Lipinski definition) is 3. The molecule has 0 aromatic carbocycles. The summed E-state index contributed by atoms with van der Waals surface area (Å²) < 4.78 is 0. The maximum absolute atomic E-state index is 4.30. The first-order valence-electron chi connectivity index (χ1n) is 4.30. The van der Waals surface area contributed by atoms with Gasteiger partial charge in [-0.15, -0.1) is 0 Å². The van der Waals surface area contributed by atoms with Crippen molar-refractivity contribution in [3.05, 3.63) is 0 Å². The molecule has 0 spiro atoms. The smallest absolute Gasteiger partial charge is 0.191 e. The average Bonchev–Trinajstić information content (AvgIpc) is 2.35. The van der Waals surface area contributed by atoms with Gasteiger partial charge in [0.2, 0.25) is 0 Å². The van der Waals surface area contributed by atoms with Crippen molar-refractivity contribution in [1.82, 2.24) is 10.6 Å². The fourth-order valence-corrected chi connectivity index (χ4v) is 0.976. The molecule has 0 bridgehead atoms. The van der Waals surface area contributed by atoms with E-state index in [1.807, 2.05) is 0 Å². The molecule has 2 atom stereocenters. The molecule has 0 aromatic heterocycles. The van der Waals surface area contributed by atoms with Crippen molar-refractivity contribution in [2.45, 2.75) is 39.3 Å². The van der Waals surface area contributed by atoms with E-state index in [0.717, 1.165) is 18.9 Å². The highest BCUT2D eigenvalue weighted by molar-refractivity contribution is 5.81. The van der Waals surface area contributed by atoms with Crippen LogP contribution in [-0.4, -0.2) is 24.6 Å². The maximum atomic E-state index is 4.30. The average molecular weight is 155 g/mol. The van der Waals surface area contributed by atoms with Crippen LogP contribution in [0.25, 0.3) is 0 Å². The van der Waals surface area contributed by atoms with Crippen LogP contribution >= 0.6 is 0 Å². The van der Waals surface area contributed by atoms with E-state index in [2.05, 4.69) is 36.4 Å². The molecule has 2 N–H and O–H groups in total.